The van der Waals surface area contributed by atoms with Crippen LogP contribution in [0.3, 0.4) is 0 Å². The van der Waals surface area contributed by atoms with Gasteiger partial charge >= 0.3 is 0 Å². The fourth-order valence-electron chi connectivity index (χ4n) is 2.84. The summed E-state index contributed by atoms with van der Waals surface area (Å²) in [5.41, 5.74) is 7.05. The summed E-state index contributed by atoms with van der Waals surface area (Å²) >= 11 is 0. The molecule has 0 saturated heterocycles. The molecular weight excluding hydrogens is 344 g/mol. The van der Waals surface area contributed by atoms with E-state index >= 15 is 0 Å². The average molecular weight is 366 g/mol. The van der Waals surface area contributed by atoms with Crippen molar-refractivity contribution in [1.82, 2.24) is 9.55 Å². The topological polar surface area (TPSA) is 99.2 Å². The molecule has 0 unspecified atom stereocenters. The lowest BCUT2D eigenvalue weighted by molar-refractivity contribution is -0.118. The van der Waals surface area contributed by atoms with Gasteiger partial charge in [-0.2, -0.15) is 0 Å². The summed E-state index contributed by atoms with van der Waals surface area (Å²) in [6.07, 6.45) is 0. The number of anilines is 1. The fourth-order valence-corrected chi connectivity index (χ4v) is 2.84. The number of aromatic nitrogens is 2. The van der Waals surface area contributed by atoms with Crippen LogP contribution in [0.2, 0.25) is 0 Å². The number of rotatable bonds is 5. The fraction of sp³-hybridized carbons (Fsp3) is 0.250. The molecule has 3 aromatic rings. The Hall–Kier alpha value is -3.35. The van der Waals surface area contributed by atoms with Gasteiger partial charge in [-0.25, -0.2) is 4.98 Å². The van der Waals surface area contributed by atoms with Crippen LogP contribution in [0.5, 0.6) is 5.75 Å². The number of ether oxygens (including phenoxy) is 1. The number of fused-ring (bicyclic) bond motifs is 1. The summed E-state index contributed by atoms with van der Waals surface area (Å²) in [4.78, 5) is 28.1. The second-order valence-electron chi connectivity index (χ2n) is 7.16. The van der Waals surface area contributed by atoms with Crippen molar-refractivity contribution >= 4 is 28.8 Å². The molecule has 2 aromatic carbocycles. The molecule has 3 rings (SSSR count). The smallest absolute Gasteiger partial charge is 0.264 e. The highest BCUT2D eigenvalue weighted by Crippen LogP contribution is 2.27. The molecule has 0 fully saturated rings. The van der Waals surface area contributed by atoms with Gasteiger partial charge in [0.2, 0.25) is 11.9 Å². The van der Waals surface area contributed by atoms with Crippen LogP contribution in [0.1, 0.15) is 31.1 Å². The number of benzene rings is 2. The lowest BCUT2D eigenvalue weighted by Crippen LogP contribution is -2.28. The molecule has 0 spiro atoms. The molecule has 27 heavy (non-hydrogen) atoms. The molecule has 0 saturated carbocycles. The largest absolute Gasteiger partial charge is 0.484 e. The highest BCUT2D eigenvalue weighted by Gasteiger charge is 2.22. The molecule has 0 radical (unpaired) electrons. The number of hydrogen-bond donors (Lipinski definition) is 2. The van der Waals surface area contributed by atoms with E-state index in [2.05, 4.69) is 10.3 Å². The Morgan fingerprint density at radius 1 is 1.15 bits per heavy atom. The van der Waals surface area contributed by atoms with Crippen molar-refractivity contribution in [2.24, 2.45) is 5.73 Å². The molecule has 1 heterocycles. The molecule has 0 aliphatic heterocycles. The minimum atomic E-state index is -0.552. The standard InChI is InChI=1S/C20H22N4O3/c1-20(2,3)24-16-10-5-4-9-15(16)22-19(24)23-17(25)12-27-14-8-6-7-13(11-14)18(21)26/h4-11H,12H2,1-3H3,(H2,21,26)(H,22,23,25). The van der Waals surface area contributed by atoms with Crippen LogP contribution in [0, 0.1) is 0 Å². The summed E-state index contributed by atoms with van der Waals surface area (Å²) in [6, 6.07) is 14.1. The Labute approximate surface area is 157 Å². The van der Waals surface area contributed by atoms with E-state index in [9.17, 15) is 9.59 Å². The molecule has 1 aromatic heterocycles. The number of nitrogens with two attached hydrogens (primary N) is 1. The number of carbonyl (C=O) groups excluding carboxylic acids is 2. The van der Waals surface area contributed by atoms with E-state index in [1.807, 2.05) is 49.6 Å². The SMILES string of the molecule is CC(C)(C)n1c(NC(=O)COc2cccc(C(N)=O)c2)nc2ccccc21. The number of nitrogens with zero attached hydrogens (tertiary/aromatic N) is 2. The first-order valence-corrected chi connectivity index (χ1v) is 8.56. The van der Waals surface area contributed by atoms with Crippen LogP contribution in [0.15, 0.2) is 48.5 Å². The van der Waals surface area contributed by atoms with E-state index < -0.39 is 5.91 Å². The average Bonchev–Trinajstić information content (AvgIpc) is 2.98. The minimum absolute atomic E-state index is 0.213. The maximum atomic E-state index is 12.4. The molecule has 2 amide bonds. The molecule has 0 aliphatic carbocycles. The number of carbonyl (C=O) groups is 2. The Morgan fingerprint density at radius 2 is 1.89 bits per heavy atom. The quantitative estimate of drug-likeness (QED) is 0.725. The Morgan fingerprint density at radius 3 is 2.59 bits per heavy atom. The summed E-state index contributed by atoms with van der Waals surface area (Å²) in [7, 11) is 0. The van der Waals surface area contributed by atoms with Gasteiger partial charge in [-0.15, -0.1) is 0 Å². The number of hydrogen-bond acceptors (Lipinski definition) is 4. The summed E-state index contributed by atoms with van der Waals surface area (Å²) in [6.45, 7) is 5.92. The first-order chi connectivity index (χ1) is 12.8. The van der Waals surface area contributed by atoms with Crippen LogP contribution in [0.4, 0.5) is 5.95 Å². The Balaban J connectivity index is 1.77. The van der Waals surface area contributed by atoms with E-state index in [0.29, 0.717) is 17.3 Å². The van der Waals surface area contributed by atoms with Gasteiger partial charge in [-0.05, 0) is 51.1 Å². The van der Waals surface area contributed by atoms with Crippen molar-refractivity contribution in [2.75, 3.05) is 11.9 Å². The van der Waals surface area contributed by atoms with Gasteiger partial charge in [0.05, 0.1) is 11.0 Å². The third kappa shape index (κ3) is 4.08. The van der Waals surface area contributed by atoms with Crippen molar-refractivity contribution in [1.29, 1.82) is 0 Å². The number of primary amides is 1. The van der Waals surface area contributed by atoms with Gasteiger partial charge in [0, 0.05) is 11.1 Å². The van der Waals surface area contributed by atoms with Gasteiger partial charge in [-0.3, -0.25) is 14.9 Å². The molecule has 0 aliphatic rings. The predicted octanol–water partition coefficient (Wildman–Crippen LogP) is 2.91. The van der Waals surface area contributed by atoms with Crippen LogP contribution in [0.25, 0.3) is 11.0 Å². The van der Waals surface area contributed by atoms with Gasteiger partial charge in [0.1, 0.15) is 5.75 Å². The zero-order valence-corrected chi connectivity index (χ0v) is 15.5. The summed E-state index contributed by atoms with van der Waals surface area (Å²) < 4.78 is 7.45. The Kier molecular flexibility index (Phi) is 4.85. The van der Waals surface area contributed by atoms with E-state index in [-0.39, 0.29) is 18.1 Å². The van der Waals surface area contributed by atoms with E-state index in [1.54, 1.807) is 18.2 Å². The first-order valence-electron chi connectivity index (χ1n) is 8.56. The molecule has 7 heteroatoms. The molecule has 7 nitrogen and oxygen atoms in total. The molecule has 140 valence electrons. The molecule has 0 atom stereocenters. The highest BCUT2D eigenvalue weighted by molar-refractivity contribution is 5.94. The van der Waals surface area contributed by atoms with E-state index in [4.69, 9.17) is 10.5 Å². The van der Waals surface area contributed by atoms with Gasteiger partial charge in [0.25, 0.3) is 5.91 Å². The minimum Gasteiger partial charge on any atom is -0.484 e. The Bertz CT molecular complexity index is 1000. The maximum Gasteiger partial charge on any atom is 0.264 e. The number of nitrogens with one attached hydrogen (secondary N) is 1. The summed E-state index contributed by atoms with van der Waals surface area (Å²) in [5.74, 6) is -0.0435. The van der Waals surface area contributed by atoms with Crippen molar-refractivity contribution < 1.29 is 14.3 Å². The zero-order chi connectivity index (χ0) is 19.6. The van der Waals surface area contributed by atoms with E-state index in [0.717, 1.165) is 11.0 Å². The normalized spacial score (nSPS) is 11.4. The highest BCUT2D eigenvalue weighted by atomic mass is 16.5. The second-order valence-corrected chi connectivity index (χ2v) is 7.16. The summed E-state index contributed by atoms with van der Waals surface area (Å²) in [5, 5.41) is 2.81. The second kappa shape index (κ2) is 7.11. The van der Waals surface area contributed by atoms with Crippen LogP contribution >= 0.6 is 0 Å². The van der Waals surface area contributed by atoms with Gasteiger partial charge in [-0.1, -0.05) is 18.2 Å². The molecular formula is C20H22N4O3. The maximum absolute atomic E-state index is 12.4. The number of amides is 2. The van der Waals surface area contributed by atoms with E-state index in [1.165, 1.54) is 6.07 Å². The van der Waals surface area contributed by atoms with Crippen LogP contribution in [-0.2, 0) is 10.3 Å². The van der Waals surface area contributed by atoms with Crippen molar-refractivity contribution in [2.45, 2.75) is 26.3 Å². The predicted molar refractivity (Wildman–Crippen MR) is 104 cm³/mol. The van der Waals surface area contributed by atoms with Crippen molar-refractivity contribution in [3.05, 3.63) is 54.1 Å². The number of imidazole rings is 1. The molecule has 3 N–H and O–H groups in total. The van der Waals surface area contributed by atoms with Gasteiger partial charge < -0.3 is 15.0 Å². The van der Waals surface area contributed by atoms with Crippen LogP contribution in [-0.4, -0.2) is 28.0 Å². The number of para-hydroxylation sites is 2. The molecule has 0 bridgehead atoms. The first kappa shape index (κ1) is 18.4. The lowest BCUT2D eigenvalue weighted by Gasteiger charge is -2.24. The van der Waals surface area contributed by atoms with Crippen molar-refractivity contribution in [3.8, 4) is 5.75 Å². The van der Waals surface area contributed by atoms with Gasteiger partial charge in [0.15, 0.2) is 6.61 Å². The third-order valence-electron chi connectivity index (χ3n) is 3.97. The lowest BCUT2D eigenvalue weighted by atomic mass is 10.1. The van der Waals surface area contributed by atoms with Crippen molar-refractivity contribution in [3.63, 3.8) is 0 Å². The zero-order valence-electron chi connectivity index (χ0n) is 15.5. The monoisotopic (exact) mass is 366 g/mol. The van der Waals surface area contributed by atoms with Crippen LogP contribution < -0.4 is 15.8 Å². The third-order valence-corrected chi connectivity index (χ3v) is 3.97.